The third-order valence-electron chi connectivity index (χ3n) is 2.20. The van der Waals surface area contributed by atoms with Gasteiger partial charge in [0.25, 0.3) is 0 Å². The Morgan fingerprint density at radius 3 is 2.60 bits per heavy atom. The molecule has 0 aliphatic carbocycles. The number of rotatable bonds is 2. The molecule has 1 saturated heterocycles. The molecule has 60 valence electrons. The van der Waals surface area contributed by atoms with Gasteiger partial charge in [0.05, 0.1) is 0 Å². The summed E-state index contributed by atoms with van der Waals surface area (Å²) in [6, 6.07) is 0. The fourth-order valence-corrected chi connectivity index (χ4v) is 1.68. The van der Waals surface area contributed by atoms with E-state index in [9.17, 15) is 4.39 Å². The molecule has 1 nitrogen and oxygen atoms in total. The summed E-state index contributed by atoms with van der Waals surface area (Å²) >= 11 is 0. The third-order valence-corrected chi connectivity index (χ3v) is 2.20. The lowest BCUT2D eigenvalue weighted by Gasteiger charge is -2.08. The smallest absolute Gasteiger partial charge is 0.117 e. The molecule has 0 radical (unpaired) electrons. The molecule has 0 spiro atoms. The molecule has 1 heterocycles. The summed E-state index contributed by atoms with van der Waals surface area (Å²) in [5, 5.41) is 0. The number of halogens is 1. The molecule has 10 heavy (non-hydrogen) atoms. The Balaban J connectivity index is 2.31. The number of alkyl halides is 1. The number of nitrogens with zero attached hydrogens (tertiary/aromatic N) is 1. The largest absolute Gasteiger partial charge is 0.303 e. The van der Waals surface area contributed by atoms with E-state index in [1.807, 2.05) is 7.05 Å². The minimum Gasteiger partial charge on any atom is -0.303 e. The quantitative estimate of drug-likeness (QED) is 0.571. The summed E-state index contributed by atoms with van der Waals surface area (Å²) < 4.78 is 13.0. The summed E-state index contributed by atoms with van der Waals surface area (Å²) in [5.74, 6) is 0.315. The van der Waals surface area contributed by atoms with Gasteiger partial charge in [0.2, 0.25) is 0 Å². The van der Waals surface area contributed by atoms with E-state index in [0.717, 1.165) is 19.4 Å². The Morgan fingerprint density at radius 2 is 2.20 bits per heavy atom. The van der Waals surface area contributed by atoms with Crippen LogP contribution in [0.2, 0.25) is 0 Å². The van der Waals surface area contributed by atoms with Crippen molar-refractivity contribution in [2.24, 2.45) is 5.92 Å². The van der Waals surface area contributed by atoms with Crippen molar-refractivity contribution in [2.45, 2.75) is 25.9 Å². The Labute approximate surface area is 62.2 Å². The highest BCUT2D eigenvalue weighted by Crippen LogP contribution is 2.22. The molecule has 0 aromatic heterocycles. The Bertz CT molecular complexity index is 105. The fraction of sp³-hybridized carbons (Fsp3) is 1.00. The van der Waals surface area contributed by atoms with Crippen molar-refractivity contribution in [1.82, 2.24) is 4.90 Å². The molecule has 0 N–H and O–H groups in total. The van der Waals surface area contributed by atoms with Gasteiger partial charge in [-0.05, 0) is 13.5 Å². The van der Waals surface area contributed by atoms with Crippen LogP contribution in [0.25, 0.3) is 0 Å². The SMILES string of the molecule is CCC[C@@H]1CN(C)C[C@H]1F. The molecule has 0 bridgehead atoms. The summed E-state index contributed by atoms with van der Waals surface area (Å²) in [7, 11) is 1.99. The molecule has 1 rings (SSSR count). The lowest BCUT2D eigenvalue weighted by Crippen LogP contribution is -2.13. The predicted octanol–water partition coefficient (Wildman–Crippen LogP) is 1.69. The van der Waals surface area contributed by atoms with Crippen LogP contribution in [-0.4, -0.2) is 31.2 Å². The maximum atomic E-state index is 13.0. The molecule has 0 saturated carbocycles. The number of likely N-dealkylation sites (tertiary alicyclic amines) is 1. The summed E-state index contributed by atoms with van der Waals surface area (Å²) in [4.78, 5) is 2.07. The van der Waals surface area contributed by atoms with Crippen LogP contribution < -0.4 is 0 Å². The fourth-order valence-electron chi connectivity index (χ4n) is 1.68. The average molecular weight is 145 g/mol. The van der Waals surface area contributed by atoms with Gasteiger partial charge in [-0.25, -0.2) is 4.39 Å². The van der Waals surface area contributed by atoms with Gasteiger partial charge in [-0.15, -0.1) is 0 Å². The van der Waals surface area contributed by atoms with Crippen molar-refractivity contribution >= 4 is 0 Å². The highest BCUT2D eigenvalue weighted by molar-refractivity contribution is 4.81. The first kappa shape index (κ1) is 7.99. The van der Waals surface area contributed by atoms with E-state index >= 15 is 0 Å². The molecule has 2 atom stereocenters. The van der Waals surface area contributed by atoms with Crippen LogP contribution in [0, 0.1) is 5.92 Å². The standard InChI is InChI=1S/C8H16FN/c1-3-4-7-5-10(2)6-8(7)9/h7-8H,3-6H2,1-2H3/t7-,8-/m1/s1. The average Bonchev–Trinajstić information content (AvgIpc) is 2.13. The second kappa shape index (κ2) is 3.33. The normalized spacial score (nSPS) is 35.1. The Kier molecular flexibility index (Phi) is 2.66. The second-order valence-corrected chi connectivity index (χ2v) is 3.29. The number of hydrogen-bond donors (Lipinski definition) is 0. The predicted molar refractivity (Wildman–Crippen MR) is 40.8 cm³/mol. The Morgan fingerprint density at radius 1 is 1.50 bits per heavy atom. The van der Waals surface area contributed by atoms with Crippen molar-refractivity contribution in [3.8, 4) is 0 Å². The van der Waals surface area contributed by atoms with E-state index in [1.54, 1.807) is 0 Å². The van der Waals surface area contributed by atoms with Gasteiger partial charge in [-0.1, -0.05) is 13.3 Å². The van der Waals surface area contributed by atoms with Crippen molar-refractivity contribution in [1.29, 1.82) is 0 Å². The zero-order chi connectivity index (χ0) is 7.56. The van der Waals surface area contributed by atoms with Gasteiger partial charge in [0.15, 0.2) is 0 Å². The van der Waals surface area contributed by atoms with Gasteiger partial charge in [-0.2, -0.15) is 0 Å². The van der Waals surface area contributed by atoms with Crippen LogP contribution in [0.4, 0.5) is 4.39 Å². The van der Waals surface area contributed by atoms with Crippen LogP contribution in [-0.2, 0) is 0 Å². The first-order valence-electron chi connectivity index (χ1n) is 4.06. The van der Waals surface area contributed by atoms with Crippen molar-refractivity contribution < 1.29 is 4.39 Å². The van der Waals surface area contributed by atoms with E-state index in [2.05, 4.69) is 11.8 Å². The van der Waals surface area contributed by atoms with Crippen molar-refractivity contribution in [3.05, 3.63) is 0 Å². The minimum absolute atomic E-state index is 0.315. The van der Waals surface area contributed by atoms with Gasteiger partial charge in [0, 0.05) is 19.0 Å². The highest BCUT2D eigenvalue weighted by Gasteiger charge is 2.29. The molecule has 0 aromatic carbocycles. The van der Waals surface area contributed by atoms with E-state index in [0.29, 0.717) is 12.5 Å². The monoisotopic (exact) mass is 145 g/mol. The zero-order valence-corrected chi connectivity index (χ0v) is 6.81. The van der Waals surface area contributed by atoms with E-state index < -0.39 is 6.17 Å². The molecule has 1 fully saturated rings. The minimum atomic E-state index is -0.565. The maximum absolute atomic E-state index is 13.0. The lowest BCUT2D eigenvalue weighted by molar-refractivity contribution is 0.268. The van der Waals surface area contributed by atoms with Gasteiger partial charge >= 0.3 is 0 Å². The lowest BCUT2D eigenvalue weighted by atomic mass is 10.0. The van der Waals surface area contributed by atoms with Crippen LogP contribution in [0.1, 0.15) is 19.8 Å². The van der Waals surface area contributed by atoms with Crippen LogP contribution >= 0.6 is 0 Å². The molecular formula is C8H16FN. The zero-order valence-electron chi connectivity index (χ0n) is 6.81. The van der Waals surface area contributed by atoms with Crippen LogP contribution in [0.15, 0.2) is 0 Å². The second-order valence-electron chi connectivity index (χ2n) is 3.29. The Hall–Kier alpha value is -0.110. The van der Waals surface area contributed by atoms with E-state index in [1.165, 1.54) is 0 Å². The van der Waals surface area contributed by atoms with Crippen LogP contribution in [0.5, 0.6) is 0 Å². The molecular weight excluding hydrogens is 129 g/mol. The van der Waals surface area contributed by atoms with Gasteiger partial charge in [0.1, 0.15) is 6.17 Å². The molecule has 0 unspecified atom stereocenters. The van der Waals surface area contributed by atoms with Crippen molar-refractivity contribution in [2.75, 3.05) is 20.1 Å². The maximum Gasteiger partial charge on any atom is 0.117 e. The topological polar surface area (TPSA) is 3.24 Å². The summed E-state index contributed by atoms with van der Waals surface area (Å²) in [6.07, 6.45) is 1.59. The summed E-state index contributed by atoms with van der Waals surface area (Å²) in [5.41, 5.74) is 0. The third kappa shape index (κ3) is 1.69. The highest BCUT2D eigenvalue weighted by atomic mass is 19.1. The summed E-state index contributed by atoms with van der Waals surface area (Å²) in [6.45, 7) is 3.71. The molecule has 1 aliphatic rings. The van der Waals surface area contributed by atoms with Gasteiger partial charge < -0.3 is 4.90 Å². The molecule has 2 heteroatoms. The van der Waals surface area contributed by atoms with Crippen molar-refractivity contribution in [3.63, 3.8) is 0 Å². The molecule has 0 amide bonds. The van der Waals surface area contributed by atoms with Gasteiger partial charge in [-0.3, -0.25) is 0 Å². The number of hydrogen-bond acceptors (Lipinski definition) is 1. The van der Waals surface area contributed by atoms with E-state index in [4.69, 9.17) is 0 Å². The molecule has 1 aliphatic heterocycles. The van der Waals surface area contributed by atoms with E-state index in [-0.39, 0.29) is 0 Å². The first-order valence-corrected chi connectivity index (χ1v) is 4.06. The first-order chi connectivity index (χ1) is 4.74. The molecule has 0 aromatic rings. The van der Waals surface area contributed by atoms with Crippen LogP contribution in [0.3, 0.4) is 0 Å².